The monoisotopic (exact) mass is 593 g/mol. The Bertz CT molecular complexity index is 1920. The topological polar surface area (TPSA) is 124 Å². The van der Waals surface area contributed by atoms with Gasteiger partial charge in [0.2, 0.25) is 5.91 Å². The number of carbonyl (C=O) groups excluding carboxylic acids is 1. The highest BCUT2D eigenvalue weighted by Crippen LogP contribution is 2.39. The standard InChI is InChI=1S/C32H31N7O3S/c1-41-27-8-3-2-7-26(27)34-12-9-29(40)38-13-10-22(11-14-38)39-19-21(16-36-39)25-18-35-32(33)30-24(25)15-28(42-30)23-6-4-5-20-17-37-43-31(20)23/h2-8,15-19,22,34H,9-14H2,1H3,(H2,33,35). The van der Waals surface area contributed by atoms with Gasteiger partial charge < -0.3 is 25.1 Å². The Morgan fingerprint density at radius 2 is 1.98 bits per heavy atom. The van der Waals surface area contributed by atoms with Crippen LogP contribution in [0.3, 0.4) is 0 Å². The molecule has 0 radical (unpaired) electrons. The molecular weight excluding hydrogens is 562 g/mol. The van der Waals surface area contributed by atoms with Crippen molar-refractivity contribution in [1.29, 1.82) is 0 Å². The fourth-order valence-electron chi connectivity index (χ4n) is 5.80. The van der Waals surface area contributed by atoms with Crippen molar-refractivity contribution in [3.63, 3.8) is 0 Å². The number of para-hydroxylation sites is 2. The smallest absolute Gasteiger partial charge is 0.224 e. The zero-order valence-electron chi connectivity index (χ0n) is 23.7. The van der Waals surface area contributed by atoms with E-state index in [-0.39, 0.29) is 11.9 Å². The number of piperidine rings is 1. The first-order valence-electron chi connectivity index (χ1n) is 14.3. The van der Waals surface area contributed by atoms with Crippen LogP contribution in [0.5, 0.6) is 5.75 Å². The largest absolute Gasteiger partial charge is 0.495 e. The Balaban J connectivity index is 1.03. The van der Waals surface area contributed by atoms with Crippen LogP contribution in [0.25, 0.3) is 43.5 Å². The number of nitrogens with one attached hydrogen (secondary N) is 1. The van der Waals surface area contributed by atoms with Crippen LogP contribution in [0, 0.1) is 0 Å². The van der Waals surface area contributed by atoms with E-state index in [0.717, 1.165) is 62.2 Å². The maximum absolute atomic E-state index is 12.9. The first-order chi connectivity index (χ1) is 21.1. The van der Waals surface area contributed by atoms with Crippen LogP contribution in [0.15, 0.2) is 77.7 Å². The molecule has 1 aliphatic rings. The number of hydrogen-bond acceptors (Lipinski definition) is 9. The van der Waals surface area contributed by atoms with Crippen molar-refractivity contribution in [3.05, 3.63) is 73.3 Å². The van der Waals surface area contributed by atoms with Gasteiger partial charge in [0.15, 0.2) is 11.4 Å². The number of anilines is 2. The van der Waals surface area contributed by atoms with Gasteiger partial charge in [0.1, 0.15) is 11.5 Å². The Hall–Kier alpha value is -4.90. The molecule has 1 fully saturated rings. The molecule has 0 aliphatic carbocycles. The molecule has 3 N–H and O–H groups in total. The van der Waals surface area contributed by atoms with E-state index in [1.54, 1.807) is 13.3 Å². The fourth-order valence-corrected chi connectivity index (χ4v) is 6.57. The zero-order valence-corrected chi connectivity index (χ0v) is 24.5. The predicted octanol–water partition coefficient (Wildman–Crippen LogP) is 6.22. The summed E-state index contributed by atoms with van der Waals surface area (Å²) in [5.74, 6) is 2.01. The van der Waals surface area contributed by atoms with Crippen molar-refractivity contribution in [1.82, 2.24) is 24.0 Å². The number of amides is 1. The summed E-state index contributed by atoms with van der Waals surface area (Å²) in [5, 5.41) is 9.99. The van der Waals surface area contributed by atoms with Crippen molar-refractivity contribution in [3.8, 4) is 28.2 Å². The van der Waals surface area contributed by atoms with Gasteiger partial charge in [-0.3, -0.25) is 9.48 Å². The summed E-state index contributed by atoms with van der Waals surface area (Å²) in [7, 11) is 1.64. The number of rotatable bonds is 8. The molecule has 4 aromatic heterocycles. The number of nitrogens with two attached hydrogens (primary N) is 1. The number of fused-ring (bicyclic) bond motifs is 2. The minimum Gasteiger partial charge on any atom is -0.495 e. The SMILES string of the molecule is COc1ccccc1NCCC(=O)N1CCC(n2cc(-c3cnc(N)c4oc(-c5cccc6cnsc56)cc34)cn2)CC1. The van der Waals surface area contributed by atoms with Crippen LogP contribution >= 0.6 is 11.5 Å². The minimum absolute atomic E-state index is 0.155. The lowest BCUT2D eigenvalue weighted by Crippen LogP contribution is -2.39. The fraction of sp³-hybridized carbons (Fsp3) is 0.250. The van der Waals surface area contributed by atoms with Crippen molar-refractivity contribution in [2.24, 2.45) is 0 Å². The number of nitrogen functional groups attached to an aromatic ring is 1. The molecule has 10 nitrogen and oxygen atoms in total. The molecule has 5 heterocycles. The third-order valence-electron chi connectivity index (χ3n) is 8.10. The summed E-state index contributed by atoms with van der Waals surface area (Å²) in [6.07, 6.45) is 9.69. The van der Waals surface area contributed by atoms with Gasteiger partial charge in [-0.05, 0) is 48.6 Å². The molecule has 2 aromatic carbocycles. The van der Waals surface area contributed by atoms with E-state index in [4.69, 9.17) is 20.0 Å². The van der Waals surface area contributed by atoms with Crippen LogP contribution < -0.4 is 15.8 Å². The Morgan fingerprint density at radius 1 is 1.12 bits per heavy atom. The summed E-state index contributed by atoms with van der Waals surface area (Å²) in [6.45, 7) is 1.96. The van der Waals surface area contributed by atoms with Gasteiger partial charge >= 0.3 is 0 Å². The number of nitrogens with zero attached hydrogens (tertiary/aromatic N) is 5. The van der Waals surface area contributed by atoms with Crippen LogP contribution in [0.1, 0.15) is 25.3 Å². The Morgan fingerprint density at radius 3 is 2.84 bits per heavy atom. The Labute approximate surface area is 252 Å². The van der Waals surface area contributed by atoms with E-state index in [1.807, 2.05) is 70.5 Å². The third kappa shape index (κ3) is 5.16. The van der Waals surface area contributed by atoms with E-state index >= 15 is 0 Å². The second-order valence-electron chi connectivity index (χ2n) is 10.7. The van der Waals surface area contributed by atoms with Gasteiger partial charge in [-0.25, -0.2) is 4.98 Å². The molecule has 1 amide bonds. The molecule has 1 aliphatic heterocycles. The van der Waals surface area contributed by atoms with Crippen LogP contribution in [-0.2, 0) is 4.79 Å². The summed E-state index contributed by atoms with van der Waals surface area (Å²) in [4.78, 5) is 19.3. The second kappa shape index (κ2) is 11.4. The lowest BCUT2D eigenvalue weighted by Gasteiger charge is -2.32. The molecule has 218 valence electrons. The van der Waals surface area contributed by atoms with Gasteiger partial charge in [-0.1, -0.05) is 24.3 Å². The van der Waals surface area contributed by atoms with Crippen molar-refractivity contribution < 1.29 is 13.9 Å². The van der Waals surface area contributed by atoms with Crippen molar-refractivity contribution in [2.75, 3.05) is 37.8 Å². The molecule has 43 heavy (non-hydrogen) atoms. The summed E-state index contributed by atoms with van der Waals surface area (Å²) in [5.41, 5.74) is 10.5. The van der Waals surface area contributed by atoms with Gasteiger partial charge in [0, 0.05) is 72.1 Å². The van der Waals surface area contributed by atoms with Crippen LogP contribution in [0.2, 0.25) is 0 Å². The highest BCUT2D eigenvalue weighted by molar-refractivity contribution is 7.13. The molecule has 11 heteroatoms. The molecular formula is C32H31N7O3S. The first kappa shape index (κ1) is 27.0. The second-order valence-corrected chi connectivity index (χ2v) is 11.5. The number of methoxy groups -OCH3 is 1. The number of hydrogen-bond donors (Lipinski definition) is 2. The van der Waals surface area contributed by atoms with Gasteiger partial charge in [-0.15, -0.1) is 0 Å². The molecule has 0 unspecified atom stereocenters. The summed E-state index contributed by atoms with van der Waals surface area (Å²) in [6, 6.07) is 16.0. The number of ether oxygens (including phenoxy) is 1. The normalized spacial score (nSPS) is 14.0. The molecule has 6 aromatic rings. The van der Waals surface area contributed by atoms with Crippen molar-refractivity contribution in [2.45, 2.75) is 25.3 Å². The maximum Gasteiger partial charge on any atom is 0.224 e. The van der Waals surface area contributed by atoms with E-state index in [1.165, 1.54) is 11.5 Å². The lowest BCUT2D eigenvalue weighted by molar-refractivity contribution is -0.132. The Kier molecular flexibility index (Phi) is 7.15. The minimum atomic E-state index is 0.155. The number of furan rings is 1. The number of carbonyl (C=O) groups is 1. The van der Waals surface area contributed by atoms with Crippen molar-refractivity contribution >= 4 is 50.0 Å². The maximum atomic E-state index is 12.9. The van der Waals surface area contributed by atoms with E-state index in [0.29, 0.717) is 37.5 Å². The number of pyridine rings is 1. The lowest BCUT2D eigenvalue weighted by atomic mass is 10.0. The van der Waals surface area contributed by atoms with Gasteiger partial charge in [0.25, 0.3) is 0 Å². The molecule has 1 saturated heterocycles. The highest BCUT2D eigenvalue weighted by atomic mass is 32.1. The summed E-state index contributed by atoms with van der Waals surface area (Å²) >= 11 is 1.45. The zero-order chi connectivity index (χ0) is 29.3. The number of likely N-dealkylation sites (tertiary alicyclic amines) is 1. The van der Waals surface area contributed by atoms with E-state index < -0.39 is 0 Å². The predicted molar refractivity (Wildman–Crippen MR) is 169 cm³/mol. The van der Waals surface area contributed by atoms with Crippen LogP contribution in [-0.4, -0.2) is 56.7 Å². The third-order valence-corrected chi connectivity index (χ3v) is 8.95. The summed E-state index contributed by atoms with van der Waals surface area (Å²) < 4.78 is 19.1. The molecule has 0 saturated carbocycles. The molecule has 0 spiro atoms. The quantitative estimate of drug-likeness (QED) is 0.213. The average Bonchev–Trinajstić information content (AvgIpc) is 3.82. The van der Waals surface area contributed by atoms with Gasteiger partial charge in [-0.2, -0.15) is 9.47 Å². The van der Waals surface area contributed by atoms with Gasteiger partial charge in [0.05, 0.1) is 29.7 Å². The average molecular weight is 594 g/mol. The number of benzene rings is 2. The first-order valence-corrected chi connectivity index (χ1v) is 15.1. The molecule has 0 bridgehead atoms. The number of aromatic nitrogens is 4. The van der Waals surface area contributed by atoms with E-state index in [2.05, 4.69) is 20.9 Å². The van der Waals surface area contributed by atoms with E-state index in [9.17, 15) is 4.79 Å². The molecule has 0 atom stereocenters. The molecule has 7 rings (SSSR count). The highest BCUT2D eigenvalue weighted by Gasteiger charge is 2.25. The van der Waals surface area contributed by atoms with Crippen LogP contribution in [0.4, 0.5) is 11.5 Å².